The van der Waals surface area contributed by atoms with Gasteiger partial charge in [-0.05, 0) is 37.1 Å². The number of β-amino-alcohol motifs (C(OH)–C–C–N with tert-alkyl or cyclic N) is 1. The monoisotopic (exact) mass is 485 g/mol. The number of carbonyl (C=O) groups excluding carboxylic acids is 3. The molecule has 11 nitrogen and oxygen atoms in total. The van der Waals surface area contributed by atoms with Crippen LogP contribution >= 0.6 is 0 Å². The first-order valence-corrected chi connectivity index (χ1v) is 12.4. The summed E-state index contributed by atoms with van der Waals surface area (Å²) in [5.41, 5.74) is -1.54. The molecule has 1 atom stereocenters. The van der Waals surface area contributed by atoms with Crippen LogP contribution in [0.25, 0.3) is 0 Å². The summed E-state index contributed by atoms with van der Waals surface area (Å²) in [6, 6.07) is 4.71. The molecule has 1 aromatic carbocycles. The quantitative estimate of drug-likeness (QED) is 0.161. The zero-order chi connectivity index (χ0) is 24.6. The number of hydrogen-bond donors (Lipinski definition) is 3. The molecule has 1 unspecified atom stereocenters. The van der Waals surface area contributed by atoms with Gasteiger partial charge in [-0.25, -0.2) is 18.7 Å². The van der Waals surface area contributed by atoms with Crippen LogP contribution in [0.5, 0.6) is 5.75 Å². The summed E-state index contributed by atoms with van der Waals surface area (Å²) < 4.78 is 31.3. The number of urea groups is 1. The predicted molar refractivity (Wildman–Crippen MR) is 117 cm³/mol. The van der Waals surface area contributed by atoms with E-state index in [9.17, 15) is 27.9 Å². The highest BCUT2D eigenvalue weighted by atomic mass is 32.2. The summed E-state index contributed by atoms with van der Waals surface area (Å²) in [7, 11) is -4.26. The van der Waals surface area contributed by atoms with Crippen LogP contribution in [0.3, 0.4) is 0 Å². The zero-order valence-electron chi connectivity index (χ0n) is 18.8. The molecule has 184 valence electrons. The van der Waals surface area contributed by atoms with Gasteiger partial charge in [0.2, 0.25) is 5.91 Å². The first-order valence-electron chi connectivity index (χ1n) is 10.8. The Labute approximate surface area is 193 Å². The van der Waals surface area contributed by atoms with Crippen LogP contribution in [0, 0.1) is 0 Å². The molecule has 2 rings (SSSR count). The highest BCUT2D eigenvalue weighted by molar-refractivity contribution is 7.91. The maximum atomic E-state index is 12.9. The average molecular weight is 486 g/mol. The fourth-order valence-corrected chi connectivity index (χ4v) is 4.87. The highest BCUT2D eigenvalue weighted by Crippen LogP contribution is 2.23. The summed E-state index contributed by atoms with van der Waals surface area (Å²) in [5.74, 6) is -2.82. The highest BCUT2D eigenvalue weighted by Gasteiger charge is 2.47. The van der Waals surface area contributed by atoms with Gasteiger partial charge in [-0.3, -0.25) is 19.7 Å². The summed E-state index contributed by atoms with van der Waals surface area (Å²) >= 11 is 0. The lowest BCUT2D eigenvalue weighted by Gasteiger charge is -2.29. The normalized spacial score (nSPS) is 16.1. The number of ether oxygens (including phenoxy) is 1. The van der Waals surface area contributed by atoms with Gasteiger partial charge in [-0.1, -0.05) is 26.7 Å². The Hall–Kier alpha value is -2.70. The smallest absolute Gasteiger partial charge is 0.327 e. The van der Waals surface area contributed by atoms with E-state index in [-0.39, 0.29) is 11.4 Å². The molecule has 33 heavy (non-hydrogen) atoms. The predicted octanol–water partition coefficient (Wildman–Crippen LogP) is 0.940. The minimum absolute atomic E-state index is 0.196. The van der Waals surface area contributed by atoms with Gasteiger partial charge in [-0.15, -0.1) is 0 Å². The van der Waals surface area contributed by atoms with E-state index in [1.54, 1.807) is 0 Å². The minimum atomic E-state index is -4.26. The molecule has 0 aliphatic carbocycles. The molecule has 0 radical (unpaired) electrons. The molecule has 0 bridgehead atoms. The Bertz CT molecular complexity index is 951. The van der Waals surface area contributed by atoms with Gasteiger partial charge in [0.15, 0.2) is 15.4 Å². The molecule has 0 spiro atoms. The molecule has 1 saturated heterocycles. The van der Waals surface area contributed by atoms with Crippen molar-refractivity contribution in [2.75, 3.05) is 32.0 Å². The van der Waals surface area contributed by atoms with Crippen molar-refractivity contribution in [2.24, 2.45) is 0 Å². The first-order chi connectivity index (χ1) is 15.6. The molecule has 1 aliphatic heterocycles. The Balaban J connectivity index is 2.21. The fourth-order valence-electron chi connectivity index (χ4n) is 3.30. The maximum Gasteiger partial charge on any atom is 0.327 e. The molecule has 0 saturated carbocycles. The zero-order valence-corrected chi connectivity index (χ0v) is 19.6. The number of unbranched alkanes of at least 4 members (excludes halogenated alkanes) is 2. The SMILES string of the molecule is CCCCOc1ccc(S(=O)(=O)CC(O)(CN2C(=O)CN(CCCC)C2=O)C(=O)NO)cc1. The van der Waals surface area contributed by atoms with Crippen LogP contribution in [0.15, 0.2) is 29.2 Å². The number of rotatable bonds is 13. The molecular formula is C21H31N3O8S. The van der Waals surface area contributed by atoms with E-state index >= 15 is 0 Å². The third-order valence-electron chi connectivity index (χ3n) is 5.23. The summed E-state index contributed by atoms with van der Waals surface area (Å²) in [4.78, 5) is 38.8. The largest absolute Gasteiger partial charge is 0.494 e. The van der Waals surface area contributed by atoms with E-state index in [0.29, 0.717) is 30.2 Å². The van der Waals surface area contributed by atoms with Crippen molar-refractivity contribution in [2.45, 2.75) is 50.0 Å². The molecular weight excluding hydrogens is 454 g/mol. The van der Waals surface area contributed by atoms with Gasteiger partial charge in [0, 0.05) is 6.54 Å². The number of amides is 4. The number of imide groups is 1. The lowest BCUT2D eigenvalue weighted by atomic mass is 10.1. The van der Waals surface area contributed by atoms with Crippen molar-refractivity contribution in [3.05, 3.63) is 24.3 Å². The van der Waals surface area contributed by atoms with Crippen LogP contribution in [-0.4, -0.2) is 84.0 Å². The van der Waals surface area contributed by atoms with Crippen LogP contribution in [0.1, 0.15) is 39.5 Å². The van der Waals surface area contributed by atoms with E-state index in [2.05, 4.69) is 0 Å². The Morgan fingerprint density at radius 3 is 2.36 bits per heavy atom. The van der Waals surface area contributed by atoms with Crippen molar-refractivity contribution >= 4 is 27.7 Å². The number of nitrogens with one attached hydrogen (secondary N) is 1. The summed E-state index contributed by atoms with van der Waals surface area (Å²) in [6.07, 6.45) is 3.22. The second-order valence-electron chi connectivity index (χ2n) is 7.94. The minimum Gasteiger partial charge on any atom is -0.494 e. The van der Waals surface area contributed by atoms with Crippen LogP contribution in [0.4, 0.5) is 4.79 Å². The molecule has 4 amide bonds. The standard InChI is InChI=1S/C21H31N3O8S/c1-3-5-11-23-13-18(25)24(20(23)27)14-21(28,19(26)22-29)15-33(30,31)17-9-7-16(8-10-17)32-12-6-4-2/h7-10,28-29H,3-6,11-15H2,1-2H3,(H,22,26). The van der Waals surface area contributed by atoms with Crippen molar-refractivity contribution in [1.82, 2.24) is 15.3 Å². The Morgan fingerprint density at radius 2 is 1.79 bits per heavy atom. The average Bonchev–Trinajstić information content (AvgIpc) is 3.04. The van der Waals surface area contributed by atoms with Gasteiger partial charge in [-0.2, -0.15) is 0 Å². The van der Waals surface area contributed by atoms with Crippen molar-refractivity contribution in [3.8, 4) is 5.75 Å². The van der Waals surface area contributed by atoms with E-state index in [1.807, 2.05) is 13.8 Å². The number of hydrogen-bond acceptors (Lipinski definition) is 8. The molecule has 1 aliphatic rings. The number of nitrogens with zero attached hydrogens (tertiary/aromatic N) is 2. The molecule has 12 heteroatoms. The van der Waals surface area contributed by atoms with Crippen LogP contribution in [0.2, 0.25) is 0 Å². The second kappa shape index (κ2) is 11.4. The van der Waals surface area contributed by atoms with Gasteiger partial charge in [0.25, 0.3) is 5.91 Å². The van der Waals surface area contributed by atoms with E-state index in [0.717, 1.165) is 19.3 Å². The number of aliphatic hydroxyl groups is 1. The number of hydroxylamine groups is 1. The van der Waals surface area contributed by atoms with Crippen molar-refractivity contribution in [1.29, 1.82) is 0 Å². The van der Waals surface area contributed by atoms with Gasteiger partial charge in [0.05, 0.1) is 23.8 Å². The third-order valence-corrected chi connectivity index (χ3v) is 7.08. The Morgan fingerprint density at radius 1 is 1.15 bits per heavy atom. The van der Waals surface area contributed by atoms with Gasteiger partial charge >= 0.3 is 6.03 Å². The summed E-state index contributed by atoms with van der Waals surface area (Å²) in [5, 5.41) is 20.0. The van der Waals surface area contributed by atoms with E-state index in [1.165, 1.54) is 34.6 Å². The second-order valence-corrected chi connectivity index (χ2v) is 9.93. The van der Waals surface area contributed by atoms with E-state index in [4.69, 9.17) is 9.94 Å². The van der Waals surface area contributed by atoms with Crippen molar-refractivity contribution < 1.29 is 37.9 Å². The fraction of sp³-hybridized carbons (Fsp3) is 0.571. The van der Waals surface area contributed by atoms with Gasteiger partial charge in [0.1, 0.15) is 12.3 Å². The van der Waals surface area contributed by atoms with Crippen LogP contribution < -0.4 is 10.2 Å². The maximum absolute atomic E-state index is 12.9. The number of carbonyl (C=O) groups is 3. The lowest BCUT2D eigenvalue weighted by Crippen LogP contribution is -2.58. The first kappa shape index (κ1) is 26.6. The number of sulfone groups is 1. The topological polar surface area (TPSA) is 154 Å². The van der Waals surface area contributed by atoms with Crippen molar-refractivity contribution in [3.63, 3.8) is 0 Å². The summed E-state index contributed by atoms with van der Waals surface area (Å²) in [6.45, 7) is 3.56. The third kappa shape index (κ3) is 6.65. The van der Waals surface area contributed by atoms with Crippen LogP contribution in [-0.2, 0) is 19.4 Å². The molecule has 0 aromatic heterocycles. The molecule has 1 fully saturated rings. The van der Waals surface area contributed by atoms with E-state index < -0.39 is 45.6 Å². The number of benzene rings is 1. The molecule has 1 aromatic rings. The van der Waals surface area contributed by atoms with Gasteiger partial charge < -0.3 is 14.7 Å². The molecule has 1 heterocycles. The molecule has 3 N–H and O–H groups in total. The Kier molecular flexibility index (Phi) is 9.20. The lowest BCUT2D eigenvalue weighted by molar-refractivity contribution is -0.148.